The first-order chi connectivity index (χ1) is 18.4. The van der Waals surface area contributed by atoms with Crippen molar-refractivity contribution in [3.05, 3.63) is 99.5 Å². The van der Waals surface area contributed by atoms with E-state index in [2.05, 4.69) is 10.2 Å². The minimum absolute atomic E-state index is 0.161. The summed E-state index contributed by atoms with van der Waals surface area (Å²) in [7, 11) is 0. The molecule has 1 saturated carbocycles. The second-order valence-electron chi connectivity index (χ2n) is 9.35. The summed E-state index contributed by atoms with van der Waals surface area (Å²) >= 11 is 6.73. The third kappa shape index (κ3) is 5.11. The SMILES string of the molecule is CCOC(=O)/C=C/c1ccc(/C(=C(\c2ncc(C)cc2Cl)C2CCC2)c2ccc3n[nH]c(F)c3c2)cc1F. The van der Waals surface area contributed by atoms with Crippen LogP contribution in [0.4, 0.5) is 8.78 Å². The smallest absolute Gasteiger partial charge is 0.330 e. The molecule has 1 N–H and O–H groups in total. The van der Waals surface area contributed by atoms with Gasteiger partial charge in [-0.25, -0.2) is 9.18 Å². The van der Waals surface area contributed by atoms with Crippen LogP contribution in [-0.4, -0.2) is 27.8 Å². The summed E-state index contributed by atoms with van der Waals surface area (Å²) in [5.74, 6) is -1.43. The number of aromatic amines is 1. The molecule has 194 valence electrons. The molecule has 0 atom stereocenters. The lowest BCUT2D eigenvalue weighted by molar-refractivity contribution is -0.137. The maximum atomic E-state index is 15.4. The first-order valence-electron chi connectivity index (χ1n) is 12.5. The van der Waals surface area contributed by atoms with Crippen LogP contribution >= 0.6 is 11.6 Å². The second-order valence-corrected chi connectivity index (χ2v) is 9.76. The van der Waals surface area contributed by atoms with Gasteiger partial charge in [0.25, 0.3) is 0 Å². The predicted octanol–water partition coefficient (Wildman–Crippen LogP) is 7.53. The van der Waals surface area contributed by atoms with E-state index in [4.69, 9.17) is 21.3 Å². The number of hydrogen-bond donors (Lipinski definition) is 1. The number of nitrogens with zero attached hydrogens (tertiary/aromatic N) is 2. The van der Waals surface area contributed by atoms with Crippen LogP contribution < -0.4 is 0 Å². The standard InChI is InChI=1S/C30H26ClF2N3O2/c1-3-38-26(37)12-10-18-7-8-21(15-24(18)32)27(20-9-11-25-22(14-20)30(33)36-35-25)28(19-5-4-6-19)29-23(31)13-17(2)16-34-29/h7-16,19H,3-6H2,1-2H3,(H,35,36)/b12-10+,28-27-. The highest BCUT2D eigenvalue weighted by Gasteiger charge is 2.30. The quantitative estimate of drug-likeness (QED) is 0.197. The summed E-state index contributed by atoms with van der Waals surface area (Å²) in [5.41, 5.74) is 5.23. The summed E-state index contributed by atoms with van der Waals surface area (Å²) in [6.45, 7) is 3.86. The predicted molar refractivity (Wildman–Crippen MR) is 145 cm³/mol. The molecule has 0 aliphatic heterocycles. The molecule has 0 bridgehead atoms. The number of aromatic nitrogens is 3. The van der Waals surface area contributed by atoms with Crippen LogP contribution in [-0.2, 0) is 9.53 Å². The first kappa shape index (κ1) is 25.8. The number of H-pyrrole nitrogens is 1. The van der Waals surface area contributed by atoms with Crippen molar-refractivity contribution in [1.29, 1.82) is 0 Å². The molecule has 1 aliphatic carbocycles. The van der Waals surface area contributed by atoms with Crippen molar-refractivity contribution in [3.63, 3.8) is 0 Å². The summed E-state index contributed by atoms with van der Waals surface area (Å²) in [6.07, 6.45) is 7.29. The van der Waals surface area contributed by atoms with E-state index in [1.807, 2.05) is 19.1 Å². The van der Waals surface area contributed by atoms with Gasteiger partial charge in [0, 0.05) is 17.8 Å². The van der Waals surface area contributed by atoms with Gasteiger partial charge < -0.3 is 4.74 Å². The van der Waals surface area contributed by atoms with E-state index < -0.39 is 17.7 Å². The molecule has 0 radical (unpaired) electrons. The zero-order valence-corrected chi connectivity index (χ0v) is 21.8. The number of ether oxygens (including phenoxy) is 1. The van der Waals surface area contributed by atoms with Crippen LogP contribution in [0.3, 0.4) is 0 Å². The summed E-state index contributed by atoms with van der Waals surface area (Å²) in [4.78, 5) is 16.4. The number of nitrogens with one attached hydrogen (secondary N) is 1. The van der Waals surface area contributed by atoms with Gasteiger partial charge >= 0.3 is 5.97 Å². The van der Waals surface area contributed by atoms with Crippen molar-refractivity contribution in [1.82, 2.24) is 15.2 Å². The average Bonchev–Trinajstić information content (AvgIpc) is 3.22. The number of rotatable bonds is 7. The largest absolute Gasteiger partial charge is 0.463 e. The van der Waals surface area contributed by atoms with Gasteiger partial charge in [0.15, 0.2) is 0 Å². The summed E-state index contributed by atoms with van der Waals surface area (Å²) in [6, 6.07) is 12.0. The molecule has 8 heteroatoms. The van der Waals surface area contributed by atoms with Crippen molar-refractivity contribution in [2.45, 2.75) is 33.1 Å². The Bertz CT molecular complexity index is 1590. The molecule has 38 heavy (non-hydrogen) atoms. The Morgan fingerprint density at radius 2 is 1.92 bits per heavy atom. The summed E-state index contributed by atoms with van der Waals surface area (Å²) in [5, 5.41) is 7.23. The van der Waals surface area contributed by atoms with E-state index in [0.29, 0.717) is 32.7 Å². The van der Waals surface area contributed by atoms with Crippen molar-refractivity contribution < 1.29 is 18.3 Å². The van der Waals surface area contributed by atoms with Gasteiger partial charge in [0.2, 0.25) is 5.95 Å². The molecular weight excluding hydrogens is 508 g/mol. The molecule has 1 aliphatic rings. The Morgan fingerprint density at radius 1 is 1.16 bits per heavy atom. The van der Waals surface area contributed by atoms with Gasteiger partial charge in [0.05, 0.1) is 28.2 Å². The van der Waals surface area contributed by atoms with Crippen LogP contribution in [0.25, 0.3) is 28.1 Å². The van der Waals surface area contributed by atoms with Crippen molar-refractivity contribution in [2.75, 3.05) is 6.61 Å². The topological polar surface area (TPSA) is 67.9 Å². The van der Waals surface area contributed by atoms with E-state index in [9.17, 15) is 9.18 Å². The van der Waals surface area contributed by atoms with Crippen LogP contribution in [0.5, 0.6) is 0 Å². The lowest BCUT2D eigenvalue weighted by atomic mass is 9.74. The fourth-order valence-corrected chi connectivity index (χ4v) is 5.05. The van der Waals surface area contributed by atoms with Crippen LogP contribution in [0.2, 0.25) is 5.02 Å². The second kappa shape index (κ2) is 10.9. The normalized spacial score (nSPS) is 14.6. The molecule has 0 unspecified atom stereocenters. The Hall–Kier alpha value is -3.84. The van der Waals surface area contributed by atoms with Crippen LogP contribution in [0.15, 0.2) is 54.7 Å². The Morgan fingerprint density at radius 3 is 2.61 bits per heavy atom. The zero-order chi connectivity index (χ0) is 26.8. The Balaban J connectivity index is 1.73. The Kier molecular flexibility index (Phi) is 7.38. The summed E-state index contributed by atoms with van der Waals surface area (Å²) < 4.78 is 34.8. The number of pyridine rings is 1. The maximum Gasteiger partial charge on any atom is 0.330 e. The minimum Gasteiger partial charge on any atom is -0.463 e. The minimum atomic E-state index is -0.542. The molecule has 0 spiro atoms. The monoisotopic (exact) mass is 533 g/mol. The van der Waals surface area contributed by atoms with E-state index in [0.717, 1.165) is 36.0 Å². The number of fused-ring (bicyclic) bond motifs is 1. The fourth-order valence-electron chi connectivity index (χ4n) is 4.72. The molecule has 2 aromatic heterocycles. The average molecular weight is 534 g/mol. The number of aryl methyl sites for hydroxylation is 1. The van der Waals surface area contributed by atoms with Gasteiger partial charge in [-0.15, -0.1) is 0 Å². The third-order valence-electron chi connectivity index (χ3n) is 6.79. The molecule has 5 rings (SSSR count). The maximum absolute atomic E-state index is 15.4. The molecule has 0 saturated heterocycles. The highest BCUT2D eigenvalue weighted by atomic mass is 35.5. The number of carbonyl (C=O) groups excluding carboxylic acids is 1. The van der Waals surface area contributed by atoms with Crippen LogP contribution in [0, 0.1) is 24.6 Å². The van der Waals surface area contributed by atoms with E-state index in [1.54, 1.807) is 37.4 Å². The van der Waals surface area contributed by atoms with Crippen molar-refractivity contribution >= 4 is 45.7 Å². The van der Waals surface area contributed by atoms with E-state index in [1.165, 1.54) is 18.2 Å². The number of allylic oxidation sites excluding steroid dienone is 1. The Labute approximate surface area is 224 Å². The van der Waals surface area contributed by atoms with Gasteiger partial charge in [0.1, 0.15) is 5.82 Å². The number of hydrogen-bond acceptors (Lipinski definition) is 4. The fraction of sp³-hybridized carbons (Fsp3) is 0.233. The number of esters is 1. The molecule has 0 amide bonds. The molecule has 4 aromatic rings. The lowest BCUT2D eigenvalue weighted by Crippen LogP contribution is -2.16. The molecule has 1 fully saturated rings. The molecular formula is C30H26ClF2N3O2. The zero-order valence-electron chi connectivity index (χ0n) is 21.0. The van der Waals surface area contributed by atoms with Crippen molar-refractivity contribution in [2.24, 2.45) is 5.92 Å². The number of carbonyl (C=O) groups is 1. The van der Waals surface area contributed by atoms with E-state index >= 15 is 4.39 Å². The van der Waals surface area contributed by atoms with Gasteiger partial charge in [-0.2, -0.15) is 9.49 Å². The van der Waals surface area contributed by atoms with Crippen molar-refractivity contribution in [3.8, 4) is 0 Å². The third-order valence-corrected chi connectivity index (χ3v) is 7.07. The lowest BCUT2D eigenvalue weighted by Gasteiger charge is -2.31. The molecule has 5 nitrogen and oxygen atoms in total. The highest BCUT2D eigenvalue weighted by molar-refractivity contribution is 6.32. The number of halogens is 3. The number of benzene rings is 2. The van der Waals surface area contributed by atoms with Gasteiger partial charge in [-0.3, -0.25) is 10.1 Å². The van der Waals surface area contributed by atoms with E-state index in [-0.39, 0.29) is 18.1 Å². The molecule has 2 aromatic carbocycles. The van der Waals surface area contributed by atoms with Gasteiger partial charge in [-0.05, 0) is 90.8 Å². The first-order valence-corrected chi connectivity index (χ1v) is 12.9. The molecule has 2 heterocycles. The highest BCUT2D eigenvalue weighted by Crippen LogP contribution is 2.46. The van der Waals surface area contributed by atoms with Gasteiger partial charge in [-0.1, -0.05) is 36.2 Å². The van der Waals surface area contributed by atoms with Crippen LogP contribution in [0.1, 0.15) is 54.1 Å².